The number of amides is 4. The van der Waals surface area contributed by atoms with Crippen LogP contribution in [0.25, 0.3) is 0 Å². The average Bonchev–Trinajstić information content (AvgIpc) is 3.45. The fraction of sp³-hybridized carbons (Fsp3) is 0.870. The van der Waals surface area contributed by atoms with Gasteiger partial charge >= 0.3 is 0 Å². The van der Waals surface area contributed by atoms with Crippen molar-refractivity contribution in [3.05, 3.63) is 11.1 Å². The van der Waals surface area contributed by atoms with Crippen molar-refractivity contribution in [1.82, 2.24) is 20.0 Å². The van der Waals surface area contributed by atoms with Gasteiger partial charge in [-0.1, -0.05) is 37.3 Å². The number of hydrogen-bond donors (Lipinski definition) is 2. The molecule has 56 heavy (non-hydrogen) atoms. The Morgan fingerprint density at radius 3 is 2.12 bits per heavy atom. The molecule has 312 valence electrons. The third-order valence-corrected chi connectivity index (χ3v) is 16.3. The lowest BCUT2D eigenvalue weighted by Gasteiger charge is -2.57. The van der Waals surface area contributed by atoms with E-state index in [1.807, 2.05) is 11.1 Å². The van der Waals surface area contributed by atoms with Gasteiger partial charge in [-0.25, -0.2) is 0 Å². The van der Waals surface area contributed by atoms with E-state index in [1.54, 1.807) is 0 Å². The number of nitrogens with zero attached hydrogens (tertiary/aromatic N) is 3. The first-order chi connectivity index (χ1) is 27.2. The number of likely N-dealkylation sites (tertiary alicyclic amines) is 3. The summed E-state index contributed by atoms with van der Waals surface area (Å²) < 4.78 is 6.53. The van der Waals surface area contributed by atoms with Crippen molar-refractivity contribution in [3.8, 4) is 0 Å². The summed E-state index contributed by atoms with van der Waals surface area (Å²) in [5.41, 5.74) is 4.08. The topological polar surface area (TPSA) is 119 Å². The highest BCUT2D eigenvalue weighted by Crippen LogP contribution is 2.48. The molecular formula is C46H72N4O6. The van der Waals surface area contributed by atoms with Gasteiger partial charge in [-0.2, -0.15) is 0 Å². The Hall–Kier alpha value is -2.14. The first kappa shape index (κ1) is 40.6. The normalized spacial score (nSPS) is 36.6. The van der Waals surface area contributed by atoms with Gasteiger partial charge in [0.15, 0.2) is 0 Å². The molecule has 10 heteroatoms. The monoisotopic (exact) mass is 777 g/mol. The van der Waals surface area contributed by atoms with Crippen molar-refractivity contribution in [3.63, 3.8) is 0 Å². The molecule has 4 amide bonds. The zero-order valence-corrected chi connectivity index (χ0v) is 34.5. The van der Waals surface area contributed by atoms with E-state index in [0.29, 0.717) is 36.3 Å². The molecule has 0 aromatic rings. The van der Waals surface area contributed by atoms with Crippen molar-refractivity contribution in [2.24, 2.45) is 35.0 Å². The van der Waals surface area contributed by atoms with Crippen LogP contribution >= 0.6 is 0 Å². The summed E-state index contributed by atoms with van der Waals surface area (Å²) >= 11 is 0. The predicted octanol–water partition coefficient (Wildman–Crippen LogP) is 6.54. The van der Waals surface area contributed by atoms with Gasteiger partial charge in [-0.05, 0) is 165 Å². The van der Waals surface area contributed by atoms with E-state index in [9.17, 15) is 24.3 Å². The molecule has 4 heterocycles. The summed E-state index contributed by atoms with van der Waals surface area (Å²) in [6.45, 7) is 8.98. The molecule has 2 N–H and O–H groups in total. The molecular weight excluding hydrogens is 705 g/mol. The number of aliphatic hydroxyl groups excluding tert-OH is 1. The second kappa shape index (κ2) is 18.0. The molecule has 4 aliphatic heterocycles. The number of hydrogen-bond acceptors (Lipinski definition) is 8. The van der Waals surface area contributed by atoms with Crippen LogP contribution in [0.1, 0.15) is 155 Å². The van der Waals surface area contributed by atoms with Crippen LogP contribution in [-0.2, 0) is 23.9 Å². The minimum atomic E-state index is -0.836. The number of fused-ring (bicyclic) bond motifs is 1. The Balaban J connectivity index is 0.722. The standard InChI is InChI=1S/C46H72N4O6/c1-2-37(31-8-4-3-5-9-31)42(32-10-15-35(51)16-11-32)33-12-17-36(18-13-33)56-27-7-6-24-48-25-22-46(23-26-48)29-49(30-46)34-14-19-38-39(28-34)45(55)50(44(38)54)40-20-21-41(52)47-43(40)53/h31-36,38-40,51H,2-30H2,1H3,(H,47,52,53)/b42-37-. The molecule has 4 aliphatic carbocycles. The maximum atomic E-state index is 13.5. The van der Waals surface area contributed by atoms with E-state index < -0.39 is 11.9 Å². The van der Waals surface area contributed by atoms with Crippen LogP contribution in [0.5, 0.6) is 0 Å². The molecule has 8 rings (SSSR count). The molecule has 1 spiro atoms. The van der Waals surface area contributed by atoms with Crippen LogP contribution in [0, 0.1) is 35.0 Å². The van der Waals surface area contributed by atoms with E-state index in [4.69, 9.17) is 4.74 Å². The molecule has 0 aromatic heterocycles. The van der Waals surface area contributed by atoms with Crippen LogP contribution in [0.4, 0.5) is 0 Å². The van der Waals surface area contributed by atoms with Gasteiger partial charge in [0.2, 0.25) is 23.6 Å². The number of rotatable bonds is 12. The average molecular weight is 777 g/mol. The minimum Gasteiger partial charge on any atom is -0.393 e. The number of allylic oxidation sites excluding steroid dienone is 2. The van der Waals surface area contributed by atoms with Crippen molar-refractivity contribution < 1.29 is 29.0 Å². The second-order valence-corrected chi connectivity index (χ2v) is 19.7. The molecule has 0 radical (unpaired) electrons. The Morgan fingerprint density at radius 2 is 1.45 bits per heavy atom. The van der Waals surface area contributed by atoms with E-state index >= 15 is 0 Å². The Kier molecular flexibility index (Phi) is 13.1. The van der Waals surface area contributed by atoms with Crippen LogP contribution in [0.15, 0.2) is 11.1 Å². The van der Waals surface area contributed by atoms with E-state index in [-0.39, 0.29) is 48.5 Å². The van der Waals surface area contributed by atoms with Gasteiger partial charge in [0, 0.05) is 32.2 Å². The highest BCUT2D eigenvalue weighted by molar-refractivity contribution is 6.10. The van der Waals surface area contributed by atoms with Gasteiger partial charge in [0.1, 0.15) is 6.04 Å². The number of carbonyl (C=O) groups is 4. The first-order valence-corrected chi connectivity index (χ1v) is 23.4. The second-order valence-electron chi connectivity index (χ2n) is 19.7. The maximum Gasteiger partial charge on any atom is 0.249 e. The summed E-state index contributed by atoms with van der Waals surface area (Å²) in [5, 5.41) is 12.6. The lowest BCUT2D eigenvalue weighted by molar-refractivity contribution is -0.151. The number of ether oxygens (including phenoxy) is 1. The van der Waals surface area contributed by atoms with Gasteiger partial charge in [0.25, 0.3) is 0 Å². The largest absolute Gasteiger partial charge is 0.393 e. The van der Waals surface area contributed by atoms with Gasteiger partial charge in [0.05, 0.1) is 24.0 Å². The predicted molar refractivity (Wildman–Crippen MR) is 215 cm³/mol. The number of nitrogens with one attached hydrogen (secondary N) is 1. The molecule has 8 fully saturated rings. The summed E-state index contributed by atoms with van der Waals surface area (Å²) in [6, 6.07) is -0.508. The van der Waals surface area contributed by atoms with Gasteiger partial charge in [-0.15, -0.1) is 0 Å². The molecule has 0 aromatic carbocycles. The van der Waals surface area contributed by atoms with Crippen molar-refractivity contribution in [2.75, 3.05) is 39.3 Å². The maximum absolute atomic E-state index is 13.5. The lowest BCUT2D eigenvalue weighted by Crippen LogP contribution is -2.63. The van der Waals surface area contributed by atoms with E-state index in [1.165, 1.54) is 114 Å². The van der Waals surface area contributed by atoms with Crippen molar-refractivity contribution in [1.29, 1.82) is 0 Å². The van der Waals surface area contributed by atoms with Crippen molar-refractivity contribution in [2.45, 2.75) is 179 Å². The number of carbonyl (C=O) groups excluding carboxylic acids is 4. The molecule has 8 aliphatic rings. The molecule has 4 saturated heterocycles. The number of unbranched alkanes of at least 4 members (excludes halogenated alkanes) is 1. The third-order valence-electron chi connectivity index (χ3n) is 16.3. The Labute approximate surface area is 336 Å². The molecule has 4 unspecified atom stereocenters. The zero-order valence-electron chi connectivity index (χ0n) is 34.5. The van der Waals surface area contributed by atoms with E-state index in [2.05, 4.69) is 22.0 Å². The third kappa shape index (κ3) is 8.74. The Morgan fingerprint density at radius 1 is 0.768 bits per heavy atom. The van der Waals surface area contributed by atoms with Crippen LogP contribution in [0.2, 0.25) is 0 Å². The zero-order chi connectivity index (χ0) is 38.8. The molecule has 4 atom stereocenters. The highest BCUT2D eigenvalue weighted by Gasteiger charge is 2.56. The SMILES string of the molecule is CC/C(=C(\C1CCC(O)CC1)C1CCC(OCCCCN2CCC3(CC2)CN(C2CCC4C(=O)N(C5CCC(=O)NC5=O)C(=O)C4C2)C3)CC1)C1CCCCC1. The van der Waals surface area contributed by atoms with Gasteiger partial charge < -0.3 is 14.7 Å². The van der Waals surface area contributed by atoms with Crippen LogP contribution in [-0.4, -0.2) is 107 Å². The minimum absolute atomic E-state index is 0.0838. The molecule has 0 bridgehead atoms. The summed E-state index contributed by atoms with van der Waals surface area (Å²) in [7, 11) is 0. The number of aliphatic hydroxyl groups is 1. The number of imide groups is 2. The van der Waals surface area contributed by atoms with Crippen LogP contribution in [0.3, 0.4) is 0 Å². The van der Waals surface area contributed by atoms with Crippen LogP contribution < -0.4 is 5.32 Å². The molecule has 10 nitrogen and oxygen atoms in total. The van der Waals surface area contributed by atoms with Crippen molar-refractivity contribution >= 4 is 23.6 Å². The quantitative estimate of drug-likeness (QED) is 0.131. The Bertz CT molecular complexity index is 1440. The number of piperidine rings is 2. The summed E-state index contributed by atoms with van der Waals surface area (Å²) in [4.78, 5) is 57.3. The highest BCUT2D eigenvalue weighted by atomic mass is 16.5. The van der Waals surface area contributed by atoms with E-state index in [0.717, 1.165) is 63.8 Å². The fourth-order valence-corrected chi connectivity index (χ4v) is 13.0. The fourth-order valence-electron chi connectivity index (χ4n) is 13.0. The summed E-state index contributed by atoms with van der Waals surface area (Å²) in [6.07, 6.45) is 25.4. The first-order valence-electron chi connectivity index (χ1n) is 23.4. The van der Waals surface area contributed by atoms with Gasteiger partial charge in [-0.3, -0.25) is 34.3 Å². The summed E-state index contributed by atoms with van der Waals surface area (Å²) in [5.74, 6) is 0.349. The smallest absolute Gasteiger partial charge is 0.249 e. The lowest BCUT2D eigenvalue weighted by atomic mass is 9.68. The molecule has 4 saturated carbocycles.